The highest BCUT2D eigenvalue weighted by atomic mass is 35.5. The molecule has 1 aliphatic rings. The maximum absolute atomic E-state index is 11.9. The number of carbonyl (C=O) groups excluding carboxylic acids is 2. The molecule has 7 heteroatoms. The lowest BCUT2D eigenvalue weighted by Crippen LogP contribution is -2.35. The molecule has 0 unspecified atom stereocenters. The van der Waals surface area contributed by atoms with Crippen molar-refractivity contribution in [1.29, 1.82) is 0 Å². The van der Waals surface area contributed by atoms with Gasteiger partial charge in [0.15, 0.2) is 5.82 Å². The number of likely N-dealkylation sites (tertiary alicyclic amines) is 1. The van der Waals surface area contributed by atoms with Crippen LogP contribution >= 0.6 is 22.9 Å². The maximum atomic E-state index is 11.9. The highest BCUT2D eigenvalue weighted by molar-refractivity contribution is 7.16. The van der Waals surface area contributed by atoms with Gasteiger partial charge in [-0.25, -0.2) is 9.97 Å². The molecule has 0 bridgehead atoms. The van der Waals surface area contributed by atoms with Gasteiger partial charge < -0.3 is 0 Å². The van der Waals surface area contributed by atoms with E-state index in [1.54, 1.807) is 0 Å². The zero-order valence-electron chi connectivity index (χ0n) is 10.6. The van der Waals surface area contributed by atoms with Crippen molar-refractivity contribution in [2.75, 3.05) is 0 Å². The molecule has 0 saturated carbocycles. The predicted molar refractivity (Wildman–Crippen MR) is 76.5 cm³/mol. The zero-order valence-corrected chi connectivity index (χ0v) is 12.2. The zero-order chi connectivity index (χ0) is 14.1. The number of thiophene rings is 1. The minimum atomic E-state index is -0.154. The quantitative estimate of drug-likeness (QED) is 0.632. The molecule has 0 radical (unpaired) electrons. The largest absolute Gasteiger partial charge is 0.275 e. The Morgan fingerprint density at radius 1 is 1.20 bits per heavy atom. The summed E-state index contributed by atoms with van der Waals surface area (Å²) in [4.78, 5) is 34.5. The first-order valence-corrected chi connectivity index (χ1v) is 7.64. The minimum Gasteiger partial charge on any atom is -0.275 e. The van der Waals surface area contributed by atoms with Gasteiger partial charge in [0.05, 0.1) is 6.54 Å². The summed E-state index contributed by atoms with van der Waals surface area (Å²) in [5, 5.41) is 3.05. The normalized spacial score (nSPS) is 16.8. The molecule has 2 aromatic heterocycles. The summed E-state index contributed by atoms with van der Waals surface area (Å²) in [6.07, 6.45) is 2.32. The summed E-state index contributed by atoms with van der Waals surface area (Å²) in [6, 6.07) is 1.86. The van der Waals surface area contributed by atoms with E-state index in [4.69, 9.17) is 11.6 Å². The number of rotatable bonds is 2. The monoisotopic (exact) mass is 309 g/mol. The third kappa shape index (κ3) is 2.53. The van der Waals surface area contributed by atoms with Crippen LogP contribution in [0.1, 0.15) is 31.5 Å². The number of hydrogen-bond acceptors (Lipinski definition) is 5. The standard InChI is InChI=1S/C13H12ClN3O2S/c14-12-8-5-6-20-13(8)16-9(15-12)7-17-10(18)3-1-2-4-11(17)19/h5-6H,1-4,7H2. The SMILES string of the molecule is O=C1CCCCC(=O)N1Cc1nc(Cl)c2ccsc2n1. The van der Waals surface area contributed by atoms with Gasteiger partial charge in [0.1, 0.15) is 9.98 Å². The Kier molecular flexibility index (Phi) is 3.67. The number of amides is 2. The Bertz CT molecular complexity index is 667. The number of imide groups is 1. The van der Waals surface area contributed by atoms with Crippen molar-refractivity contribution in [1.82, 2.24) is 14.9 Å². The van der Waals surface area contributed by atoms with Crippen LogP contribution in [-0.2, 0) is 16.1 Å². The number of hydrogen-bond donors (Lipinski definition) is 0. The average Bonchev–Trinajstić information content (AvgIpc) is 2.83. The van der Waals surface area contributed by atoms with Crippen molar-refractivity contribution in [2.24, 2.45) is 0 Å². The van der Waals surface area contributed by atoms with Crippen LogP contribution in [0.5, 0.6) is 0 Å². The van der Waals surface area contributed by atoms with Crippen LogP contribution in [-0.4, -0.2) is 26.7 Å². The van der Waals surface area contributed by atoms with Crippen LogP contribution in [0.2, 0.25) is 5.15 Å². The van der Waals surface area contributed by atoms with Crippen molar-refractivity contribution in [3.8, 4) is 0 Å². The Hall–Kier alpha value is -1.53. The first-order valence-electron chi connectivity index (χ1n) is 6.38. The van der Waals surface area contributed by atoms with Gasteiger partial charge in [-0.05, 0) is 24.3 Å². The first kappa shape index (κ1) is 13.5. The van der Waals surface area contributed by atoms with Gasteiger partial charge in [0.25, 0.3) is 0 Å². The van der Waals surface area contributed by atoms with Gasteiger partial charge in [0, 0.05) is 18.2 Å². The summed E-state index contributed by atoms with van der Waals surface area (Å²) in [7, 11) is 0. The second-order valence-corrected chi connectivity index (χ2v) is 5.90. The van der Waals surface area contributed by atoms with E-state index in [0.29, 0.717) is 23.8 Å². The van der Waals surface area contributed by atoms with Gasteiger partial charge in [-0.3, -0.25) is 14.5 Å². The first-order chi connectivity index (χ1) is 9.65. The summed E-state index contributed by atoms with van der Waals surface area (Å²) in [5.41, 5.74) is 0. The minimum absolute atomic E-state index is 0.102. The van der Waals surface area contributed by atoms with E-state index >= 15 is 0 Å². The lowest BCUT2D eigenvalue weighted by Gasteiger charge is -2.17. The lowest BCUT2D eigenvalue weighted by atomic mass is 10.2. The van der Waals surface area contributed by atoms with E-state index < -0.39 is 0 Å². The van der Waals surface area contributed by atoms with E-state index in [9.17, 15) is 9.59 Å². The number of aromatic nitrogens is 2. The molecule has 0 atom stereocenters. The van der Waals surface area contributed by atoms with Crippen LogP contribution in [0.25, 0.3) is 10.2 Å². The second kappa shape index (κ2) is 5.46. The topological polar surface area (TPSA) is 63.2 Å². The van der Waals surface area contributed by atoms with E-state index in [1.807, 2.05) is 11.4 Å². The number of fused-ring (bicyclic) bond motifs is 1. The van der Waals surface area contributed by atoms with Crippen LogP contribution in [0.3, 0.4) is 0 Å². The molecule has 2 aromatic rings. The summed E-state index contributed by atoms with van der Waals surface area (Å²) in [5.74, 6) is 0.102. The van der Waals surface area contributed by atoms with Gasteiger partial charge in [-0.1, -0.05) is 11.6 Å². The van der Waals surface area contributed by atoms with Crippen molar-refractivity contribution in [3.05, 3.63) is 22.4 Å². The van der Waals surface area contributed by atoms with Crippen molar-refractivity contribution >= 4 is 45.0 Å². The fourth-order valence-electron chi connectivity index (χ4n) is 2.21. The van der Waals surface area contributed by atoms with Crippen molar-refractivity contribution in [2.45, 2.75) is 32.2 Å². The van der Waals surface area contributed by atoms with E-state index in [2.05, 4.69) is 9.97 Å². The molecule has 2 amide bonds. The molecule has 3 heterocycles. The van der Waals surface area contributed by atoms with Crippen LogP contribution in [0, 0.1) is 0 Å². The third-order valence-electron chi connectivity index (χ3n) is 3.26. The summed E-state index contributed by atoms with van der Waals surface area (Å²) in [6.45, 7) is 0.102. The molecule has 1 saturated heterocycles. The van der Waals surface area contributed by atoms with Gasteiger partial charge in [0.2, 0.25) is 11.8 Å². The van der Waals surface area contributed by atoms with E-state index in [-0.39, 0.29) is 18.4 Å². The van der Waals surface area contributed by atoms with Gasteiger partial charge in [-0.2, -0.15) is 0 Å². The highest BCUT2D eigenvalue weighted by Gasteiger charge is 2.25. The molecule has 104 valence electrons. The molecule has 3 rings (SSSR count). The third-order valence-corrected chi connectivity index (χ3v) is 4.35. The molecule has 0 N–H and O–H groups in total. The number of halogens is 1. The fraction of sp³-hybridized carbons (Fsp3) is 0.385. The van der Waals surface area contributed by atoms with Crippen LogP contribution in [0.4, 0.5) is 0 Å². The molecular formula is C13H12ClN3O2S. The van der Waals surface area contributed by atoms with Crippen molar-refractivity contribution < 1.29 is 9.59 Å². The number of carbonyl (C=O) groups is 2. The Morgan fingerprint density at radius 3 is 2.60 bits per heavy atom. The highest BCUT2D eigenvalue weighted by Crippen LogP contribution is 2.25. The summed E-state index contributed by atoms with van der Waals surface area (Å²) >= 11 is 7.55. The molecule has 1 aliphatic heterocycles. The lowest BCUT2D eigenvalue weighted by molar-refractivity contribution is -0.144. The molecule has 0 aliphatic carbocycles. The van der Waals surface area contributed by atoms with Gasteiger partial charge in [-0.15, -0.1) is 11.3 Å². The van der Waals surface area contributed by atoms with Crippen LogP contribution < -0.4 is 0 Å². The Balaban J connectivity index is 1.91. The van der Waals surface area contributed by atoms with Gasteiger partial charge >= 0.3 is 0 Å². The average molecular weight is 310 g/mol. The molecule has 0 aromatic carbocycles. The Labute approximate surface area is 124 Å². The molecule has 1 fully saturated rings. The molecular weight excluding hydrogens is 298 g/mol. The predicted octanol–water partition coefficient (Wildman–Crippen LogP) is 2.77. The molecule has 20 heavy (non-hydrogen) atoms. The maximum Gasteiger partial charge on any atom is 0.229 e. The van der Waals surface area contributed by atoms with Crippen molar-refractivity contribution in [3.63, 3.8) is 0 Å². The van der Waals surface area contributed by atoms with E-state index in [0.717, 1.165) is 23.1 Å². The molecule has 5 nitrogen and oxygen atoms in total. The smallest absolute Gasteiger partial charge is 0.229 e. The van der Waals surface area contributed by atoms with E-state index in [1.165, 1.54) is 16.2 Å². The number of nitrogens with zero attached hydrogens (tertiary/aromatic N) is 3. The summed E-state index contributed by atoms with van der Waals surface area (Å²) < 4.78 is 0. The van der Waals surface area contributed by atoms with Crippen LogP contribution in [0.15, 0.2) is 11.4 Å². The second-order valence-electron chi connectivity index (χ2n) is 4.65. The Morgan fingerprint density at radius 2 is 1.90 bits per heavy atom. The molecule has 0 spiro atoms. The fourth-order valence-corrected chi connectivity index (χ4v) is 3.30.